The number of rotatable bonds is 4. The Bertz CT molecular complexity index is 726. The molecule has 0 fully saturated rings. The summed E-state index contributed by atoms with van der Waals surface area (Å²) in [5, 5.41) is 5.01. The quantitative estimate of drug-likeness (QED) is 0.925. The molecular formula is C19H22N2O2S. The Morgan fingerprint density at radius 1 is 1.29 bits per heavy atom. The molecule has 1 aromatic carbocycles. The van der Waals surface area contributed by atoms with Crippen molar-refractivity contribution in [1.82, 2.24) is 10.2 Å². The van der Waals surface area contributed by atoms with Crippen LogP contribution in [0.25, 0.3) is 0 Å². The van der Waals surface area contributed by atoms with Crippen LogP contribution in [0.2, 0.25) is 0 Å². The van der Waals surface area contributed by atoms with E-state index in [0.717, 1.165) is 18.5 Å². The molecule has 3 rings (SSSR count). The van der Waals surface area contributed by atoms with E-state index in [0.29, 0.717) is 0 Å². The number of carbonyl (C=O) groups is 2. The van der Waals surface area contributed by atoms with Gasteiger partial charge in [-0.05, 0) is 35.9 Å². The van der Waals surface area contributed by atoms with Gasteiger partial charge in [0.2, 0.25) is 11.8 Å². The van der Waals surface area contributed by atoms with Gasteiger partial charge < -0.3 is 10.2 Å². The number of benzene rings is 1. The molecule has 0 spiro atoms. The molecule has 1 aliphatic rings. The van der Waals surface area contributed by atoms with Crippen molar-refractivity contribution in [3.8, 4) is 0 Å². The summed E-state index contributed by atoms with van der Waals surface area (Å²) in [5.74, 6) is -0.0366. The number of hydrogen-bond donors (Lipinski definition) is 1. The van der Waals surface area contributed by atoms with Gasteiger partial charge in [-0.3, -0.25) is 9.59 Å². The number of nitrogens with zero attached hydrogens (tertiary/aromatic N) is 1. The average Bonchev–Trinajstić information content (AvgIpc) is 3.04. The Balaban J connectivity index is 1.75. The topological polar surface area (TPSA) is 49.4 Å². The van der Waals surface area contributed by atoms with Gasteiger partial charge >= 0.3 is 0 Å². The highest BCUT2D eigenvalue weighted by atomic mass is 32.1. The molecule has 1 aromatic heterocycles. The minimum atomic E-state index is -0.285. The largest absolute Gasteiger partial charge is 0.349 e. The molecule has 126 valence electrons. The lowest BCUT2D eigenvalue weighted by atomic mass is 9.98. The summed E-state index contributed by atoms with van der Waals surface area (Å²) in [4.78, 5) is 27.7. The van der Waals surface area contributed by atoms with Crippen LogP contribution in [0.5, 0.6) is 0 Å². The standard InChI is InChI=1S/C19H22N2O2S/c1-13-16-9-11-24-18(16)8-10-21(13)19(23)12-17(20-14(2)22)15-6-4-3-5-7-15/h3-7,9,11,13,17H,8,10,12H2,1-2H3,(H,20,22)/t13-,17-/m0/s1. The summed E-state index contributed by atoms with van der Waals surface area (Å²) >= 11 is 1.77. The molecule has 0 bridgehead atoms. The highest BCUT2D eigenvalue weighted by molar-refractivity contribution is 7.10. The molecule has 1 aliphatic heterocycles. The summed E-state index contributed by atoms with van der Waals surface area (Å²) in [7, 11) is 0. The number of thiophene rings is 1. The van der Waals surface area contributed by atoms with Crippen LogP contribution in [0.15, 0.2) is 41.8 Å². The van der Waals surface area contributed by atoms with E-state index in [4.69, 9.17) is 0 Å². The first kappa shape index (κ1) is 16.7. The van der Waals surface area contributed by atoms with E-state index in [1.165, 1.54) is 17.4 Å². The van der Waals surface area contributed by atoms with Crippen LogP contribution in [-0.2, 0) is 16.0 Å². The first-order chi connectivity index (χ1) is 11.6. The molecule has 0 saturated carbocycles. The third-order valence-corrected chi connectivity index (χ3v) is 5.55. The van der Waals surface area contributed by atoms with Crippen molar-refractivity contribution in [3.05, 3.63) is 57.8 Å². The Morgan fingerprint density at radius 2 is 2.04 bits per heavy atom. The second kappa shape index (κ2) is 7.18. The minimum Gasteiger partial charge on any atom is -0.349 e. The number of carbonyl (C=O) groups excluding carboxylic acids is 2. The predicted octanol–water partition coefficient (Wildman–Crippen LogP) is 3.46. The maximum absolute atomic E-state index is 12.9. The van der Waals surface area contributed by atoms with Crippen LogP contribution in [-0.4, -0.2) is 23.3 Å². The second-order valence-corrected chi connectivity index (χ2v) is 7.18. The van der Waals surface area contributed by atoms with Crippen molar-refractivity contribution in [2.24, 2.45) is 0 Å². The summed E-state index contributed by atoms with van der Waals surface area (Å²) < 4.78 is 0. The fourth-order valence-electron chi connectivity index (χ4n) is 3.32. The first-order valence-corrected chi connectivity index (χ1v) is 9.12. The average molecular weight is 342 g/mol. The molecule has 4 nitrogen and oxygen atoms in total. The molecule has 5 heteroatoms. The molecular weight excluding hydrogens is 320 g/mol. The first-order valence-electron chi connectivity index (χ1n) is 8.24. The lowest BCUT2D eigenvalue weighted by molar-refractivity contribution is -0.134. The molecule has 2 aromatic rings. The van der Waals surface area contributed by atoms with E-state index in [1.807, 2.05) is 35.2 Å². The second-order valence-electron chi connectivity index (χ2n) is 6.18. The summed E-state index contributed by atoms with van der Waals surface area (Å²) in [6.45, 7) is 4.31. The molecule has 2 heterocycles. The molecule has 0 aliphatic carbocycles. The van der Waals surface area contributed by atoms with Crippen LogP contribution in [0.3, 0.4) is 0 Å². The molecule has 0 unspecified atom stereocenters. The van der Waals surface area contributed by atoms with Crippen molar-refractivity contribution >= 4 is 23.2 Å². The van der Waals surface area contributed by atoms with Gasteiger partial charge in [0.1, 0.15) is 0 Å². The van der Waals surface area contributed by atoms with Gasteiger partial charge in [0.15, 0.2) is 0 Å². The maximum atomic E-state index is 12.9. The van der Waals surface area contributed by atoms with Gasteiger partial charge in [-0.25, -0.2) is 0 Å². The maximum Gasteiger partial charge on any atom is 0.225 e. The van der Waals surface area contributed by atoms with Gasteiger partial charge in [0, 0.05) is 18.3 Å². The van der Waals surface area contributed by atoms with Gasteiger partial charge in [0.25, 0.3) is 0 Å². The van der Waals surface area contributed by atoms with Crippen LogP contribution < -0.4 is 5.32 Å². The highest BCUT2D eigenvalue weighted by Gasteiger charge is 2.30. The molecule has 24 heavy (non-hydrogen) atoms. The monoisotopic (exact) mass is 342 g/mol. The minimum absolute atomic E-state index is 0.0851. The van der Waals surface area contributed by atoms with Crippen LogP contribution in [0.4, 0.5) is 0 Å². The third kappa shape index (κ3) is 3.51. The Labute approximate surface area is 146 Å². The Kier molecular flexibility index (Phi) is 5.00. The molecule has 2 atom stereocenters. The van der Waals surface area contributed by atoms with E-state index in [9.17, 15) is 9.59 Å². The van der Waals surface area contributed by atoms with E-state index >= 15 is 0 Å². The smallest absolute Gasteiger partial charge is 0.225 e. The van der Waals surface area contributed by atoms with Crippen molar-refractivity contribution in [3.63, 3.8) is 0 Å². The van der Waals surface area contributed by atoms with Crippen molar-refractivity contribution in [1.29, 1.82) is 0 Å². The molecule has 0 radical (unpaired) electrons. The fraction of sp³-hybridized carbons (Fsp3) is 0.368. The lowest BCUT2D eigenvalue weighted by Gasteiger charge is -2.34. The number of fused-ring (bicyclic) bond motifs is 1. The Morgan fingerprint density at radius 3 is 2.75 bits per heavy atom. The highest BCUT2D eigenvalue weighted by Crippen LogP contribution is 2.33. The number of amides is 2. The molecule has 0 saturated heterocycles. The normalized spacial score (nSPS) is 17.9. The zero-order valence-corrected chi connectivity index (χ0v) is 14.8. The van der Waals surface area contributed by atoms with E-state index in [2.05, 4.69) is 23.7 Å². The third-order valence-electron chi connectivity index (χ3n) is 4.56. The SMILES string of the molecule is CC(=O)N[C@@H](CC(=O)N1CCc2sccc2[C@@H]1C)c1ccccc1. The number of hydrogen-bond acceptors (Lipinski definition) is 3. The van der Waals surface area contributed by atoms with Crippen molar-refractivity contribution in [2.75, 3.05) is 6.54 Å². The van der Waals surface area contributed by atoms with Crippen molar-refractivity contribution in [2.45, 2.75) is 38.8 Å². The fourth-order valence-corrected chi connectivity index (χ4v) is 4.29. The summed E-state index contributed by atoms with van der Waals surface area (Å²) in [6.07, 6.45) is 1.20. The zero-order valence-electron chi connectivity index (χ0n) is 14.0. The molecule has 2 amide bonds. The summed E-state index contributed by atoms with van der Waals surface area (Å²) in [6, 6.07) is 11.6. The lowest BCUT2D eigenvalue weighted by Crippen LogP contribution is -2.40. The van der Waals surface area contributed by atoms with Crippen LogP contribution >= 0.6 is 11.3 Å². The van der Waals surface area contributed by atoms with Gasteiger partial charge in [-0.2, -0.15) is 0 Å². The summed E-state index contributed by atoms with van der Waals surface area (Å²) in [5.41, 5.74) is 2.22. The number of nitrogens with one attached hydrogen (secondary N) is 1. The van der Waals surface area contributed by atoms with Crippen molar-refractivity contribution < 1.29 is 9.59 Å². The van der Waals surface area contributed by atoms with Gasteiger partial charge in [-0.15, -0.1) is 11.3 Å². The zero-order chi connectivity index (χ0) is 17.1. The van der Waals surface area contributed by atoms with Gasteiger partial charge in [0.05, 0.1) is 18.5 Å². The molecule has 1 N–H and O–H groups in total. The van der Waals surface area contributed by atoms with Gasteiger partial charge in [-0.1, -0.05) is 30.3 Å². The van der Waals surface area contributed by atoms with Crippen LogP contribution in [0.1, 0.15) is 48.4 Å². The van der Waals surface area contributed by atoms with Crippen LogP contribution in [0, 0.1) is 0 Å². The van der Waals surface area contributed by atoms with E-state index in [-0.39, 0.29) is 30.3 Å². The Hall–Kier alpha value is -2.14. The van der Waals surface area contributed by atoms with E-state index in [1.54, 1.807) is 11.3 Å². The predicted molar refractivity (Wildman–Crippen MR) is 95.8 cm³/mol. The van der Waals surface area contributed by atoms with E-state index < -0.39 is 0 Å².